The van der Waals surface area contributed by atoms with E-state index in [9.17, 15) is 14.8 Å². The molecule has 0 atom stereocenters. The van der Waals surface area contributed by atoms with Gasteiger partial charge in [0.15, 0.2) is 0 Å². The standard InChI is InChI=1S/C30H34N6O5/c37-29-27(32-15-19-40-20-16-32)3-1-13-34(29)24-7-5-23(6-8-24)31-36(39)26-11-9-25(10-12-26)35-14-2-4-28(30(35)38)33-17-21-41-22-18-33/h3-12H,1-2,13-22H2/q-2. The van der Waals surface area contributed by atoms with Gasteiger partial charge in [-0.2, -0.15) is 0 Å². The number of nitrogens with zero attached hydrogens (tertiary/aromatic N) is 6. The molecule has 4 heterocycles. The van der Waals surface area contributed by atoms with Crippen LogP contribution in [0.3, 0.4) is 0 Å². The first-order chi connectivity index (χ1) is 20.1. The largest absolute Gasteiger partial charge is 0.772 e. The molecule has 0 aromatic heterocycles. The molecule has 216 valence electrons. The van der Waals surface area contributed by atoms with Crippen LogP contribution in [0.25, 0.3) is 5.43 Å². The topological polar surface area (TPSA) is 106 Å². The van der Waals surface area contributed by atoms with Gasteiger partial charge in [0.05, 0.1) is 37.8 Å². The molecule has 0 aliphatic carbocycles. The van der Waals surface area contributed by atoms with Gasteiger partial charge in [-0.1, -0.05) is 24.3 Å². The monoisotopic (exact) mass is 558 g/mol. The molecule has 6 rings (SSSR count). The quantitative estimate of drug-likeness (QED) is 0.476. The van der Waals surface area contributed by atoms with Crippen LogP contribution in [0.2, 0.25) is 0 Å². The molecular weight excluding hydrogens is 524 g/mol. The van der Waals surface area contributed by atoms with Crippen molar-refractivity contribution in [3.05, 3.63) is 82.7 Å². The Balaban J connectivity index is 1.06. The molecule has 2 fully saturated rings. The normalized spacial score (nSPS) is 20.1. The Morgan fingerprint density at radius 1 is 0.634 bits per heavy atom. The minimum absolute atomic E-state index is 0.0203. The number of morpholine rings is 2. The summed E-state index contributed by atoms with van der Waals surface area (Å²) in [5.74, 6) is -0.0532. The Bertz CT molecular complexity index is 1300. The fourth-order valence-electron chi connectivity index (χ4n) is 5.57. The molecule has 11 heteroatoms. The fraction of sp³-hybridized carbons (Fsp3) is 0.400. The number of benzene rings is 2. The van der Waals surface area contributed by atoms with E-state index in [1.54, 1.807) is 46.2 Å². The number of hydrogen-bond acceptors (Lipinski definition) is 8. The Labute approximate surface area is 239 Å². The van der Waals surface area contributed by atoms with Crippen LogP contribution in [0.5, 0.6) is 0 Å². The Morgan fingerprint density at radius 3 is 1.54 bits per heavy atom. The second-order valence-corrected chi connectivity index (χ2v) is 10.3. The van der Waals surface area contributed by atoms with Crippen LogP contribution in [0, 0.1) is 5.21 Å². The molecule has 41 heavy (non-hydrogen) atoms. The summed E-state index contributed by atoms with van der Waals surface area (Å²) in [7, 11) is 0. The summed E-state index contributed by atoms with van der Waals surface area (Å²) in [5, 5.41) is 13.4. The summed E-state index contributed by atoms with van der Waals surface area (Å²) in [4.78, 5) is 34.1. The van der Waals surface area contributed by atoms with Gasteiger partial charge in [0.25, 0.3) is 11.8 Å². The fourth-order valence-corrected chi connectivity index (χ4v) is 5.57. The molecule has 11 nitrogen and oxygen atoms in total. The average molecular weight is 559 g/mol. The SMILES string of the molecule is O=C1C(N2CCOCC2)=CCCN1c1ccc([N-]N([O-])c2ccc(N3CCC=C(N4CCOCC4)C3=O)cc2)cc1. The zero-order chi connectivity index (χ0) is 28.2. The van der Waals surface area contributed by atoms with Gasteiger partial charge in [-0.3, -0.25) is 9.59 Å². The number of carbonyl (C=O) groups excluding carboxylic acids is 2. The van der Waals surface area contributed by atoms with Gasteiger partial charge in [0.2, 0.25) is 0 Å². The van der Waals surface area contributed by atoms with Crippen molar-refractivity contribution in [3.63, 3.8) is 0 Å². The first kappa shape index (κ1) is 27.1. The van der Waals surface area contributed by atoms with Crippen LogP contribution in [0.4, 0.5) is 22.7 Å². The second-order valence-electron chi connectivity index (χ2n) is 10.3. The highest BCUT2D eigenvalue weighted by Gasteiger charge is 2.29. The maximum absolute atomic E-state index is 13.2. The highest BCUT2D eigenvalue weighted by atomic mass is 16.5. The molecule has 0 saturated carbocycles. The van der Waals surface area contributed by atoms with E-state index in [1.165, 1.54) is 0 Å². The van der Waals surface area contributed by atoms with Crippen molar-refractivity contribution >= 4 is 34.6 Å². The van der Waals surface area contributed by atoms with Crippen molar-refractivity contribution in [3.8, 4) is 0 Å². The highest BCUT2D eigenvalue weighted by Crippen LogP contribution is 2.31. The van der Waals surface area contributed by atoms with Gasteiger partial charge in [0.1, 0.15) is 0 Å². The van der Waals surface area contributed by atoms with Crippen molar-refractivity contribution in [2.45, 2.75) is 12.8 Å². The summed E-state index contributed by atoms with van der Waals surface area (Å²) >= 11 is 0. The maximum Gasteiger partial charge on any atom is 0.274 e. The second kappa shape index (κ2) is 12.2. The molecule has 2 aromatic carbocycles. The van der Waals surface area contributed by atoms with E-state index in [-0.39, 0.29) is 11.8 Å². The van der Waals surface area contributed by atoms with E-state index < -0.39 is 0 Å². The van der Waals surface area contributed by atoms with E-state index >= 15 is 0 Å². The van der Waals surface area contributed by atoms with Crippen molar-refractivity contribution in [1.29, 1.82) is 0 Å². The lowest BCUT2D eigenvalue weighted by Gasteiger charge is -2.46. The van der Waals surface area contributed by atoms with Gasteiger partial charge in [-0.15, -0.1) is 5.69 Å². The summed E-state index contributed by atoms with van der Waals surface area (Å²) in [6.07, 6.45) is 5.56. The first-order valence-electron chi connectivity index (χ1n) is 14.2. The zero-order valence-electron chi connectivity index (χ0n) is 23.0. The Hall–Kier alpha value is -4.06. The summed E-state index contributed by atoms with van der Waals surface area (Å²) in [6.45, 7) is 6.52. The third-order valence-corrected chi connectivity index (χ3v) is 7.76. The predicted molar refractivity (Wildman–Crippen MR) is 157 cm³/mol. The Kier molecular flexibility index (Phi) is 8.08. The highest BCUT2D eigenvalue weighted by molar-refractivity contribution is 6.06. The molecule has 4 aliphatic heterocycles. The summed E-state index contributed by atoms with van der Waals surface area (Å²) in [5.41, 5.74) is 7.98. The molecule has 2 amide bonds. The maximum atomic E-state index is 13.2. The molecule has 0 bridgehead atoms. The first-order valence-corrected chi connectivity index (χ1v) is 14.2. The lowest BCUT2D eigenvalue weighted by molar-refractivity contribution is -0.118. The molecule has 2 saturated heterocycles. The molecule has 0 radical (unpaired) electrons. The number of amides is 2. The lowest BCUT2D eigenvalue weighted by Crippen LogP contribution is -2.45. The lowest BCUT2D eigenvalue weighted by atomic mass is 10.1. The van der Waals surface area contributed by atoms with Crippen molar-refractivity contribution in [2.75, 3.05) is 80.7 Å². The van der Waals surface area contributed by atoms with Crippen LogP contribution >= 0.6 is 0 Å². The molecule has 4 aliphatic rings. The van der Waals surface area contributed by atoms with Gasteiger partial charge in [-0.25, -0.2) is 0 Å². The van der Waals surface area contributed by atoms with Crippen LogP contribution in [0.1, 0.15) is 12.8 Å². The third kappa shape index (κ3) is 5.88. The summed E-state index contributed by atoms with van der Waals surface area (Å²) in [6, 6.07) is 14.0. The zero-order valence-corrected chi connectivity index (χ0v) is 23.0. The van der Waals surface area contributed by atoms with Crippen LogP contribution < -0.4 is 15.0 Å². The number of ether oxygens (including phenoxy) is 2. The third-order valence-electron chi connectivity index (χ3n) is 7.76. The van der Waals surface area contributed by atoms with Gasteiger partial charge >= 0.3 is 0 Å². The number of anilines is 3. The van der Waals surface area contributed by atoms with Crippen molar-refractivity contribution < 1.29 is 19.1 Å². The molecular formula is C30H34N6O5-2. The van der Waals surface area contributed by atoms with E-state index in [0.717, 1.165) is 29.9 Å². The van der Waals surface area contributed by atoms with E-state index in [1.807, 2.05) is 24.3 Å². The number of carbonyl (C=O) groups is 2. The molecule has 0 spiro atoms. The molecule has 2 aromatic rings. The van der Waals surface area contributed by atoms with E-state index in [0.29, 0.717) is 87.9 Å². The minimum Gasteiger partial charge on any atom is -0.772 e. The van der Waals surface area contributed by atoms with Crippen LogP contribution in [-0.2, 0) is 19.1 Å². The van der Waals surface area contributed by atoms with Gasteiger partial charge < -0.3 is 44.9 Å². The molecule has 0 unspecified atom stereocenters. The minimum atomic E-state index is -0.0330. The van der Waals surface area contributed by atoms with E-state index in [2.05, 4.69) is 15.2 Å². The Morgan fingerprint density at radius 2 is 1.07 bits per heavy atom. The van der Waals surface area contributed by atoms with Crippen molar-refractivity contribution in [1.82, 2.24) is 9.80 Å². The summed E-state index contributed by atoms with van der Waals surface area (Å²) < 4.78 is 10.8. The number of hydrogen-bond donors (Lipinski definition) is 0. The predicted octanol–water partition coefficient (Wildman–Crippen LogP) is 3.52. The van der Waals surface area contributed by atoms with Crippen LogP contribution in [-0.4, -0.2) is 87.3 Å². The van der Waals surface area contributed by atoms with Gasteiger partial charge in [-0.05, 0) is 49.2 Å². The van der Waals surface area contributed by atoms with E-state index in [4.69, 9.17) is 9.47 Å². The number of rotatable bonds is 7. The molecule has 0 N–H and O–H groups in total. The smallest absolute Gasteiger partial charge is 0.274 e. The van der Waals surface area contributed by atoms with Gasteiger partial charge in [0, 0.05) is 56.3 Å². The van der Waals surface area contributed by atoms with Crippen LogP contribution in [0.15, 0.2) is 72.1 Å². The van der Waals surface area contributed by atoms with Crippen molar-refractivity contribution in [2.24, 2.45) is 0 Å². The average Bonchev–Trinajstić information content (AvgIpc) is 3.03.